The van der Waals surface area contributed by atoms with Gasteiger partial charge < -0.3 is 9.47 Å². The van der Waals surface area contributed by atoms with E-state index in [-0.39, 0.29) is 5.97 Å². The fraction of sp³-hybridized carbons (Fsp3) is 0.458. The molecular formula is C24H30ClNO3. The molecule has 1 aliphatic heterocycles. The molecule has 0 atom stereocenters. The molecule has 1 saturated heterocycles. The van der Waals surface area contributed by atoms with E-state index < -0.39 is 0 Å². The largest absolute Gasteiger partial charge is 0.492 e. The van der Waals surface area contributed by atoms with Crippen molar-refractivity contribution in [2.75, 3.05) is 32.8 Å². The first-order chi connectivity index (χ1) is 14.1. The first-order valence-electron chi connectivity index (χ1n) is 10.5. The first-order valence-corrected chi connectivity index (χ1v) is 10.8. The molecule has 1 aliphatic rings. The Kier molecular flexibility index (Phi) is 8.38. The molecule has 5 heteroatoms. The Morgan fingerprint density at radius 3 is 2.34 bits per heavy atom. The van der Waals surface area contributed by atoms with Gasteiger partial charge in [-0.3, -0.25) is 9.69 Å². The SMILES string of the molecule is CCOC(=O)Cc1ccc(OCCN2CCC(Cc3ccc(Cl)cc3)CC2)cc1. The van der Waals surface area contributed by atoms with Crippen LogP contribution in [0, 0.1) is 5.92 Å². The minimum absolute atomic E-state index is 0.194. The summed E-state index contributed by atoms with van der Waals surface area (Å²) in [5, 5.41) is 0.803. The summed E-state index contributed by atoms with van der Waals surface area (Å²) in [7, 11) is 0. The van der Waals surface area contributed by atoms with Gasteiger partial charge in [-0.1, -0.05) is 35.9 Å². The zero-order valence-corrected chi connectivity index (χ0v) is 17.9. The van der Waals surface area contributed by atoms with Gasteiger partial charge in [0.1, 0.15) is 12.4 Å². The van der Waals surface area contributed by atoms with Crippen molar-refractivity contribution in [2.45, 2.75) is 32.6 Å². The number of halogens is 1. The molecule has 0 N–H and O–H groups in total. The normalized spacial score (nSPS) is 15.2. The number of piperidine rings is 1. The molecule has 2 aromatic carbocycles. The molecule has 0 aliphatic carbocycles. The van der Waals surface area contributed by atoms with Crippen LogP contribution in [0.15, 0.2) is 48.5 Å². The summed E-state index contributed by atoms with van der Waals surface area (Å²) in [5.41, 5.74) is 2.32. The average Bonchev–Trinajstić information content (AvgIpc) is 2.72. The van der Waals surface area contributed by atoms with Crippen LogP contribution < -0.4 is 4.74 Å². The highest BCUT2D eigenvalue weighted by atomic mass is 35.5. The van der Waals surface area contributed by atoms with Crippen molar-refractivity contribution in [1.29, 1.82) is 0 Å². The zero-order chi connectivity index (χ0) is 20.5. The molecular weight excluding hydrogens is 386 g/mol. The van der Waals surface area contributed by atoms with Crippen molar-refractivity contribution in [1.82, 2.24) is 4.90 Å². The molecule has 1 heterocycles. The van der Waals surface area contributed by atoms with Gasteiger partial charge in [-0.2, -0.15) is 0 Å². The third-order valence-electron chi connectivity index (χ3n) is 5.40. The lowest BCUT2D eigenvalue weighted by Gasteiger charge is -2.31. The lowest BCUT2D eigenvalue weighted by molar-refractivity contribution is -0.142. The van der Waals surface area contributed by atoms with E-state index in [0.29, 0.717) is 19.6 Å². The number of carbonyl (C=O) groups excluding carboxylic acids is 1. The molecule has 0 aromatic heterocycles. The summed E-state index contributed by atoms with van der Waals surface area (Å²) >= 11 is 5.97. The minimum Gasteiger partial charge on any atom is -0.492 e. The Hall–Kier alpha value is -2.04. The molecule has 0 unspecified atom stereocenters. The fourth-order valence-electron chi connectivity index (χ4n) is 3.74. The van der Waals surface area contributed by atoms with Crippen LogP contribution in [0.25, 0.3) is 0 Å². The van der Waals surface area contributed by atoms with E-state index >= 15 is 0 Å². The van der Waals surface area contributed by atoms with Crippen molar-refractivity contribution in [3.8, 4) is 5.75 Å². The number of rotatable bonds is 9. The number of hydrogen-bond donors (Lipinski definition) is 0. The molecule has 3 rings (SSSR count). The van der Waals surface area contributed by atoms with Gasteiger partial charge in [-0.25, -0.2) is 0 Å². The number of likely N-dealkylation sites (tertiary alicyclic amines) is 1. The van der Waals surface area contributed by atoms with Gasteiger partial charge in [0.25, 0.3) is 0 Å². The third kappa shape index (κ3) is 7.37. The minimum atomic E-state index is -0.194. The van der Waals surface area contributed by atoms with Crippen LogP contribution in [-0.4, -0.2) is 43.7 Å². The van der Waals surface area contributed by atoms with E-state index in [1.807, 2.05) is 43.3 Å². The van der Waals surface area contributed by atoms with E-state index in [2.05, 4.69) is 17.0 Å². The summed E-state index contributed by atoms with van der Waals surface area (Å²) in [5.74, 6) is 1.40. The summed E-state index contributed by atoms with van der Waals surface area (Å²) in [6.07, 6.45) is 3.90. The van der Waals surface area contributed by atoms with Crippen LogP contribution in [0.3, 0.4) is 0 Å². The Morgan fingerprint density at radius 1 is 1.03 bits per heavy atom. The average molecular weight is 416 g/mol. The van der Waals surface area contributed by atoms with Gasteiger partial charge in [0.15, 0.2) is 0 Å². The van der Waals surface area contributed by atoms with Crippen molar-refractivity contribution in [2.24, 2.45) is 5.92 Å². The maximum Gasteiger partial charge on any atom is 0.310 e. The van der Waals surface area contributed by atoms with E-state index in [1.54, 1.807) is 0 Å². The molecule has 4 nitrogen and oxygen atoms in total. The van der Waals surface area contributed by atoms with Crippen molar-refractivity contribution in [3.05, 3.63) is 64.7 Å². The topological polar surface area (TPSA) is 38.8 Å². The summed E-state index contributed by atoms with van der Waals surface area (Å²) < 4.78 is 10.9. The number of hydrogen-bond acceptors (Lipinski definition) is 4. The van der Waals surface area contributed by atoms with Crippen molar-refractivity contribution < 1.29 is 14.3 Å². The van der Waals surface area contributed by atoms with E-state index in [0.717, 1.165) is 48.3 Å². The third-order valence-corrected chi connectivity index (χ3v) is 5.65. The van der Waals surface area contributed by atoms with Crippen LogP contribution in [-0.2, 0) is 22.4 Å². The van der Waals surface area contributed by atoms with Crippen molar-refractivity contribution in [3.63, 3.8) is 0 Å². The highest BCUT2D eigenvalue weighted by Gasteiger charge is 2.19. The number of nitrogens with zero attached hydrogens (tertiary/aromatic N) is 1. The highest BCUT2D eigenvalue weighted by Crippen LogP contribution is 2.22. The van der Waals surface area contributed by atoms with E-state index in [4.69, 9.17) is 21.1 Å². The maximum atomic E-state index is 11.5. The Labute approximate surface area is 178 Å². The highest BCUT2D eigenvalue weighted by molar-refractivity contribution is 6.30. The number of benzene rings is 2. The molecule has 156 valence electrons. The van der Waals surface area contributed by atoms with Crippen LogP contribution in [0.1, 0.15) is 30.9 Å². The maximum absolute atomic E-state index is 11.5. The van der Waals surface area contributed by atoms with E-state index in [9.17, 15) is 4.79 Å². The fourth-order valence-corrected chi connectivity index (χ4v) is 3.87. The number of ether oxygens (including phenoxy) is 2. The summed E-state index contributed by atoms with van der Waals surface area (Å²) in [4.78, 5) is 14.0. The van der Waals surface area contributed by atoms with Crippen LogP contribution in [0.4, 0.5) is 0 Å². The molecule has 0 saturated carbocycles. The first kappa shape index (κ1) is 21.7. The Bertz CT molecular complexity index is 753. The van der Waals surface area contributed by atoms with Gasteiger partial charge in [-0.05, 0) is 80.6 Å². The van der Waals surface area contributed by atoms with Crippen molar-refractivity contribution >= 4 is 17.6 Å². The molecule has 2 aromatic rings. The van der Waals surface area contributed by atoms with Gasteiger partial charge in [0.2, 0.25) is 0 Å². The molecule has 1 fully saturated rings. The predicted molar refractivity (Wildman–Crippen MR) is 117 cm³/mol. The Balaban J connectivity index is 1.33. The van der Waals surface area contributed by atoms with Crippen LogP contribution in [0.2, 0.25) is 5.02 Å². The lowest BCUT2D eigenvalue weighted by Crippen LogP contribution is -2.37. The smallest absolute Gasteiger partial charge is 0.310 e. The van der Waals surface area contributed by atoms with Gasteiger partial charge >= 0.3 is 5.97 Å². The monoisotopic (exact) mass is 415 g/mol. The quantitative estimate of drug-likeness (QED) is 0.552. The van der Waals surface area contributed by atoms with Crippen LogP contribution >= 0.6 is 11.6 Å². The summed E-state index contributed by atoms with van der Waals surface area (Å²) in [6, 6.07) is 15.9. The molecule has 0 spiro atoms. The molecule has 0 radical (unpaired) electrons. The van der Waals surface area contributed by atoms with Gasteiger partial charge in [-0.15, -0.1) is 0 Å². The second-order valence-electron chi connectivity index (χ2n) is 7.59. The second-order valence-corrected chi connectivity index (χ2v) is 8.03. The number of carbonyl (C=O) groups is 1. The molecule has 0 bridgehead atoms. The predicted octanol–water partition coefficient (Wildman–Crippen LogP) is 4.78. The molecule has 29 heavy (non-hydrogen) atoms. The van der Waals surface area contributed by atoms with E-state index in [1.165, 1.54) is 18.4 Å². The number of esters is 1. The summed E-state index contributed by atoms with van der Waals surface area (Å²) in [6.45, 7) is 6.10. The standard InChI is InChI=1S/C24H30ClNO3/c1-2-28-24(27)18-20-5-9-23(10-6-20)29-16-15-26-13-11-21(12-14-26)17-19-3-7-22(25)8-4-19/h3-10,21H,2,11-18H2,1H3. The molecule has 0 amide bonds. The lowest BCUT2D eigenvalue weighted by atomic mass is 9.90. The van der Waals surface area contributed by atoms with Gasteiger partial charge in [0.05, 0.1) is 13.0 Å². The van der Waals surface area contributed by atoms with Crippen LogP contribution in [0.5, 0.6) is 5.75 Å². The zero-order valence-electron chi connectivity index (χ0n) is 17.1. The Morgan fingerprint density at radius 2 is 1.69 bits per heavy atom. The van der Waals surface area contributed by atoms with Gasteiger partial charge in [0, 0.05) is 11.6 Å². The second kappa shape index (κ2) is 11.2.